The molecule has 2 nitrogen and oxygen atoms in total. The summed E-state index contributed by atoms with van der Waals surface area (Å²) in [6, 6.07) is 3.84. The minimum atomic E-state index is -4.53. The maximum atomic E-state index is 12.4. The van der Waals surface area contributed by atoms with Crippen molar-refractivity contribution < 1.29 is 21.6 Å². The van der Waals surface area contributed by atoms with Crippen molar-refractivity contribution in [3.05, 3.63) is 29.8 Å². The highest BCUT2D eigenvalue weighted by Gasteiger charge is 2.32. The first-order valence-corrected chi connectivity index (χ1v) is 6.65. The van der Waals surface area contributed by atoms with Crippen molar-refractivity contribution in [2.24, 2.45) is 0 Å². The van der Waals surface area contributed by atoms with Crippen molar-refractivity contribution in [1.82, 2.24) is 0 Å². The first-order chi connectivity index (χ1) is 7.69. The van der Waals surface area contributed by atoms with Crippen LogP contribution in [-0.2, 0) is 16.0 Å². The van der Waals surface area contributed by atoms with Crippen LogP contribution in [0.1, 0.15) is 25.8 Å². The Morgan fingerprint density at radius 3 is 2.35 bits per heavy atom. The molecule has 0 amide bonds. The number of benzene rings is 1. The van der Waals surface area contributed by atoms with Crippen LogP contribution in [0.25, 0.3) is 0 Å². The summed E-state index contributed by atoms with van der Waals surface area (Å²) in [6.45, 7) is 3.16. The average Bonchev–Trinajstić information content (AvgIpc) is 2.27. The van der Waals surface area contributed by atoms with Gasteiger partial charge in [0.2, 0.25) is 0 Å². The molecular weight excluding hydrogens is 253 g/mol. The molecule has 0 bridgehead atoms. The molecule has 1 unspecified atom stereocenters. The Bertz CT molecular complexity index is 492. The fourth-order valence-corrected chi connectivity index (χ4v) is 2.76. The summed E-state index contributed by atoms with van der Waals surface area (Å²) >= 11 is 0. The van der Waals surface area contributed by atoms with E-state index in [0.717, 1.165) is 12.1 Å². The lowest BCUT2D eigenvalue weighted by atomic mass is 10.2. The minimum absolute atomic E-state index is 0.276. The van der Waals surface area contributed by atoms with E-state index >= 15 is 0 Å². The van der Waals surface area contributed by atoms with E-state index in [1.54, 1.807) is 6.92 Å². The summed E-state index contributed by atoms with van der Waals surface area (Å²) in [6.07, 6.45) is -4.17. The van der Waals surface area contributed by atoms with Gasteiger partial charge < -0.3 is 0 Å². The molecule has 0 fully saturated rings. The van der Waals surface area contributed by atoms with Crippen molar-refractivity contribution in [3.8, 4) is 0 Å². The van der Waals surface area contributed by atoms with Gasteiger partial charge in [-0.2, -0.15) is 13.2 Å². The van der Waals surface area contributed by atoms with Gasteiger partial charge in [0, 0.05) is 0 Å². The van der Waals surface area contributed by atoms with Gasteiger partial charge in [-0.3, -0.25) is 0 Å². The summed E-state index contributed by atoms with van der Waals surface area (Å²) in [5.74, 6) is 0. The standard InChI is InChI=1S/C11H13F3O2S/c1-3-8(2)17(15,16)10-6-4-5-9(7-10)11(12,13)14/h4-8H,3H2,1-2H3. The highest BCUT2D eigenvalue weighted by molar-refractivity contribution is 7.92. The normalized spacial score (nSPS) is 14.6. The van der Waals surface area contributed by atoms with Crippen molar-refractivity contribution >= 4 is 9.84 Å². The molecule has 0 saturated heterocycles. The number of sulfone groups is 1. The minimum Gasteiger partial charge on any atom is -0.223 e. The maximum absolute atomic E-state index is 12.4. The zero-order valence-corrected chi connectivity index (χ0v) is 10.3. The molecule has 0 aromatic heterocycles. The van der Waals surface area contributed by atoms with Crippen LogP contribution in [0.4, 0.5) is 13.2 Å². The number of halogens is 3. The van der Waals surface area contributed by atoms with E-state index < -0.39 is 26.8 Å². The van der Waals surface area contributed by atoms with Gasteiger partial charge >= 0.3 is 6.18 Å². The zero-order valence-electron chi connectivity index (χ0n) is 9.45. The van der Waals surface area contributed by atoms with E-state index in [0.29, 0.717) is 12.5 Å². The Labute approximate surface area is 98.4 Å². The van der Waals surface area contributed by atoms with Crippen LogP contribution in [0.2, 0.25) is 0 Å². The molecule has 6 heteroatoms. The second kappa shape index (κ2) is 4.68. The van der Waals surface area contributed by atoms with Gasteiger partial charge in [-0.1, -0.05) is 13.0 Å². The molecule has 1 aromatic carbocycles. The molecule has 0 saturated carbocycles. The van der Waals surface area contributed by atoms with E-state index in [1.165, 1.54) is 13.0 Å². The Kier molecular flexibility index (Phi) is 3.86. The molecule has 1 aromatic rings. The number of hydrogen-bond acceptors (Lipinski definition) is 2. The summed E-state index contributed by atoms with van der Waals surface area (Å²) < 4.78 is 61.1. The second-order valence-corrected chi connectivity index (χ2v) is 6.16. The lowest BCUT2D eigenvalue weighted by Gasteiger charge is -2.12. The van der Waals surface area contributed by atoms with Gasteiger partial charge in [-0.15, -0.1) is 0 Å². The van der Waals surface area contributed by atoms with Gasteiger partial charge in [0.15, 0.2) is 9.84 Å². The predicted octanol–water partition coefficient (Wildman–Crippen LogP) is 3.28. The number of hydrogen-bond donors (Lipinski definition) is 0. The fourth-order valence-electron chi connectivity index (χ4n) is 1.30. The van der Waals surface area contributed by atoms with E-state index in [9.17, 15) is 21.6 Å². The van der Waals surface area contributed by atoms with Gasteiger partial charge in [-0.05, 0) is 31.5 Å². The van der Waals surface area contributed by atoms with E-state index in [4.69, 9.17) is 0 Å². The van der Waals surface area contributed by atoms with Gasteiger partial charge in [0.05, 0.1) is 15.7 Å². The van der Waals surface area contributed by atoms with Crippen LogP contribution in [-0.4, -0.2) is 13.7 Å². The average molecular weight is 266 g/mol. The topological polar surface area (TPSA) is 34.1 Å². The largest absolute Gasteiger partial charge is 0.416 e. The highest BCUT2D eigenvalue weighted by Crippen LogP contribution is 2.31. The third-order valence-electron chi connectivity index (χ3n) is 2.59. The SMILES string of the molecule is CCC(C)S(=O)(=O)c1cccc(C(F)(F)F)c1. The molecule has 96 valence electrons. The maximum Gasteiger partial charge on any atom is 0.416 e. The number of rotatable bonds is 3. The second-order valence-electron chi connectivity index (χ2n) is 3.79. The Morgan fingerprint density at radius 1 is 1.29 bits per heavy atom. The summed E-state index contributed by atoms with van der Waals surface area (Å²) in [7, 11) is -3.67. The molecule has 0 aliphatic heterocycles. The van der Waals surface area contributed by atoms with Crippen molar-refractivity contribution in [1.29, 1.82) is 0 Å². The van der Waals surface area contributed by atoms with Crippen LogP contribution in [0.3, 0.4) is 0 Å². The van der Waals surface area contributed by atoms with Crippen LogP contribution < -0.4 is 0 Å². The van der Waals surface area contributed by atoms with Crippen molar-refractivity contribution in [3.63, 3.8) is 0 Å². The van der Waals surface area contributed by atoms with Gasteiger partial charge in [-0.25, -0.2) is 8.42 Å². The van der Waals surface area contributed by atoms with Crippen LogP contribution >= 0.6 is 0 Å². The molecule has 1 atom stereocenters. The molecule has 17 heavy (non-hydrogen) atoms. The summed E-state index contributed by atoms with van der Waals surface area (Å²) in [4.78, 5) is -0.276. The van der Waals surface area contributed by atoms with E-state index in [2.05, 4.69) is 0 Å². The molecule has 0 radical (unpaired) electrons. The molecule has 0 aliphatic carbocycles. The Balaban J connectivity index is 3.26. The molecule has 0 heterocycles. The van der Waals surface area contributed by atoms with Crippen LogP contribution in [0.15, 0.2) is 29.2 Å². The third-order valence-corrected chi connectivity index (χ3v) is 4.90. The van der Waals surface area contributed by atoms with E-state index in [1.807, 2.05) is 0 Å². The summed E-state index contributed by atoms with van der Waals surface area (Å²) in [5.41, 5.74) is -0.943. The Morgan fingerprint density at radius 2 is 1.88 bits per heavy atom. The summed E-state index contributed by atoms with van der Waals surface area (Å²) in [5, 5.41) is -0.689. The van der Waals surface area contributed by atoms with Crippen molar-refractivity contribution in [2.45, 2.75) is 36.6 Å². The quantitative estimate of drug-likeness (QED) is 0.841. The molecule has 1 rings (SSSR count). The molecule has 0 N–H and O–H groups in total. The molecule has 0 aliphatic rings. The van der Waals surface area contributed by atoms with Crippen LogP contribution in [0, 0.1) is 0 Å². The monoisotopic (exact) mass is 266 g/mol. The highest BCUT2D eigenvalue weighted by atomic mass is 32.2. The van der Waals surface area contributed by atoms with Gasteiger partial charge in [0.1, 0.15) is 0 Å². The van der Waals surface area contributed by atoms with E-state index in [-0.39, 0.29) is 4.90 Å². The van der Waals surface area contributed by atoms with Crippen LogP contribution in [0.5, 0.6) is 0 Å². The lowest BCUT2D eigenvalue weighted by molar-refractivity contribution is -0.137. The first-order valence-electron chi connectivity index (χ1n) is 5.10. The van der Waals surface area contributed by atoms with Crippen molar-refractivity contribution in [2.75, 3.05) is 0 Å². The number of alkyl halides is 3. The predicted molar refractivity (Wildman–Crippen MR) is 58.4 cm³/mol. The van der Waals surface area contributed by atoms with Gasteiger partial charge in [0.25, 0.3) is 0 Å². The third kappa shape index (κ3) is 3.00. The zero-order chi connectivity index (χ0) is 13.3. The smallest absolute Gasteiger partial charge is 0.223 e. The fraction of sp³-hybridized carbons (Fsp3) is 0.455. The first kappa shape index (κ1) is 14.0. The molecule has 0 spiro atoms. The lowest BCUT2D eigenvalue weighted by Crippen LogP contribution is -2.17. The molecular formula is C11H13F3O2S. The Hall–Kier alpha value is -1.04.